The Morgan fingerprint density at radius 1 is 1.00 bits per heavy atom. The van der Waals surface area contributed by atoms with E-state index in [-0.39, 0.29) is 0 Å². The first-order valence-electron chi connectivity index (χ1n) is 4.60. The number of nitrogens with zero attached hydrogens (tertiary/aromatic N) is 1. The minimum Gasteiger partial charge on any atom is -0.481 e. The van der Waals surface area contributed by atoms with E-state index >= 15 is 0 Å². The highest BCUT2D eigenvalue weighted by atomic mass is 19.1. The van der Waals surface area contributed by atoms with Crippen LogP contribution in [-0.2, 0) is 0 Å². The monoisotopic (exact) mass is 220 g/mol. The van der Waals surface area contributed by atoms with Crippen molar-refractivity contribution in [2.24, 2.45) is 0 Å². The summed E-state index contributed by atoms with van der Waals surface area (Å²) < 4.78 is 30.9. The zero-order chi connectivity index (χ0) is 11.4. The van der Waals surface area contributed by atoms with E-state index in [4.69, 9.17) is 4.74 Å². The summed E-state index contributed by atoms with van der Waals surface area (Å²) in [7, 11) is 0. The molecule has 2 aromatic rings. The van der Waals surface area contributed by atoms with Crippen molar-refractivity contribution in [2.45, 2.75) is 0 Å². The molecule has 0 saturated carbocycles. The standard InChI is InChI=1S/C12H8F2NO/c13-10-5-9(6-11(14)7-10)8-16-12-1-3-15-4-2-12/h1-8H. The molecule has 1 aromatic carbocycles. The van der Waals surface area contributed by atoms with Gasteiger partial charge in [-0.2, -0.15) is 0 Å². The maximum absolute atomic E-state index is 12.8. The molecular weight excluding hydrogens is 212 g/mol. The molecule has 0 spiro atoms. The van der Waals surface area contributed by atoms with Gasteiger partial charge in [0.15, 0.2) is 6.61 Å². The molecule has 0 bridgehead atoms. The number of rotatable bonds is 3. The van der Waals surface area contributed by atoms with E-state index < -0.39 is 11.6 Å². The quantitative estimate of drug-likeness (QED) is 0.793. The van der Waals surface area contributed by atoms with E-state index in [1.54, 1.807) is 24.5 Å². The molecule has 1 radical (unpaired) electrons. The largest absolute Gasteiger partial charge is 0.481 e. The molecule has 2 nitrogen and oxygen atoms in total. The Balaban J connectivity index is 2.05. The second-order valence-electron chi connectivity index (χ2n) is 3.12. The summed E-state index contributed by atoms with van der Waals surface area (Å²) in [6.45, 7) is 1.28. The van der Waals surface area contributed by atoms with Gasteiger partial charge in [-0.3, -0.25) is 4.98 Å². The van der Waals surface area contributed by atoms with Gasteiger partial charge in [-0.15, -0.1) is 0 Å². The second-order valence-corrected chi connectivity index (χ2v) is 3.12. The minimum atomic E-state index is -0.635. The van der Waals surface area contributed by atoms with Crippen LogP contribution in [0.4, 0.5) is 8.78 Å². The molecular formula is C12H8F2NO. The molecule has 0 fully saturated rings. The van der Waals surface area contributed by atoms with Crippen LogP contribution < -0.4 is 4.74 Å². The fourth-order valence-corrected chi connectivity index (χ4v) is 1.20. The summed E-state index contributed by atoms with van der Waals surface area (Å²) in [5.41, 5.74) is 0.328. The fourth-order valence-electron chi connectivity index (χ4n) is 1.20. The van der Waals surface area contributed by atoms with E-state index in [1.807, 2.05) is 0 Å². The Hall–Kier alpha value is -1.97. The normalized spacial score (nSPS) is 10.1. The van der Waals surface area contributed by atoms with Crippen molar-refractivity contribution < 1.29 is 13.5 Å². The van der Waals surface area contributed by atoms with Gasteiger partial charge in [0.25, 0.3) is 0 Å². The lowest BCUT2D eigenvalue weighted by Crippen LogP contribution is -1.94. The van der Waals surface area contributed by atoms with Crippen molar-refractivity contribution >= 4 is 0 Å². The van der Waals surface area contributed by atoms with Crippen LogP contribution in [0, 0.1) is 18.2 Å². The predicted octanol–water partition coefficient (Wildman–Crippen LogP) is 2.95. The summed E-state index contributed by atoms with van der Waals surface area (Å²) in [6, 6.07) is 6.47. The molecule has 0 N–H and O–H groups in total. The van der Waals surface area contributed by atoms with Crippen molar-refractivity contribution in [2.75, 3.05) is 0 Å². The Morgan fingerprint density at radius 3 is 2.25 bits per heavy atom. The Kier molecular flexibility index (Phi) is 3.10. The first-order chi connectivity index (χ1) is 7.74. The number of ether oxygens (including phenoxy) is 1. The molecule has 2 rings (SSSR count). The number of hydrogen-bond donors (Lipinski definition) is 0. The van der Waals surface area contributed by atoms with Crippen LogP contribution in [0.1, 0.15) is 5.56 Å². The van der Waals surface area contributed by atoms with Crippen LogP contribution in [0.15, 0.2) is 42.7 Å². The molecule has 1 aromatic heterocycles. The summed E-state index contributed by atoms with van der Waals surface area (Å²) in [4.78, 5) is 3.81. The predicted molar refractivity (Wildman–Crippen MR) is 54.6 cm³/mol. The second kappa shape index (κ2) is 4.70. The minimum absolute atomic E-state index is 0.328. The summed E-state index contributed by atoms with van der Waals surface area (Å²) >= 11 is 0. The average Bonchev–Trinajstić information content (AvgIpc) is 2.27. The molecule has 0 aliphatic rings. The topological polar surface area (TPSA) is 22.1 Å². The first-order valence-corrected chi connectivity index (χ1v) is 4.60. The van der Waals surface area contributed by atoms with Crippen molar-refractivity contribution in [3.8, 4) is 5.75 Å². The van der Waals surface area contributed by atoms with Gasteiger partial charge in [0.1, 0.15) is 17.4 Å². The molecule has 0 atom stereocenters. The first kappa shape index (κ1) is 10.5. The zero-order valence-electron chi connectivity index (χ0n) is 8.23. The summed E-state index contributed by atoms with van der Waals surface area (Å²) in [5, 5.41) is 0. The molecule has 0 amide bonds. The lowest BCUT2D eigenvalue weighted by molar-refractivity contribution is 0.426. The van der Waals surface area contributed by atoms with E-state index in [2.05, 4.69) is 4.98 Å². The number of aromatic nitrogens is 1. The SMILES string of the molecule is Fc1cc(F)cc([CH]Oc2ccncc2)c1. The molecule has 0 aliphatic heterocycles. The molecule has 0 unspecified atom stereocenters. The van der Waals surface area contributed by atoms with E-state index in [0.717, 1.165) is 6.07 Å². The number of benzene rings is 1. The van der Waals surface area contributed by atoms with Crippen LogP contribution in [-0.4, -0.2) is 4.98 Å². The van der Waals surface area contributed by atoms with E-state index in [1.165, 1.54) is 18.7 Å². The third kappa shape index (κ3) is 2.76. The Bertz CT molecular complexity index is 453. The van der Waals surface area contributed by atoms with Gasteiger partial charge < -0.3 is 4.74 Å². The lowest BCUT2D eigenvalue weighted by atomic mass is 10.2. The van der Waals surface area contributed by atoms with Crippen LogP contribution in [0.3, 0.4) is 0 Å². The highest BCUT2D eigenvalue weighted by Crippen LogP contribution is 2.14. The maximum atomic E-state index is 12.8. The molecule has 16 heavy (non-hydrogen) atoms. The third-order valence-corrected chi connectivity index (χ3v) is 1.87. The number of hydrogen-bond acceptors (Lipinski definition) is 2. The van der Waals surface area contributed by atoms with Gasteiger partial charge in [-0.1, -0.05) is 0 Å². The average molecular weight is 220 g/mol. The molecule has 4 heteroatoms. The fraction of sp³-hybridized carbons (Fsp3) is 0. The lowest BCUT2D eigenvalue weighted by Gasteiger charge is -2.04. The van der Waals surface area contributed by atoms with Gasteiger partial charge in [0, 0.05) is 24.0 Å². The van der Waals surface area contributed by atoms with Crippen LogP contribution in [0.2, 0.25) is 0 Å². The smallest absolute Gasteiger partial charge is 0.165 e. The highest BCUT2D eigenvalue weighted by molar-refractivity contribution is 5.25. The summed E-state index contributed by atoms with van der Waals surface area (Å²) in [6.07, 6.45) is 3.13. The maximum Gasteiger partial charge on any atom is 0.165 e. The van der Waals surface area contributed by atoms with Gasteiger partial charge in [-0.05, 0) is 24.3 Å². The van der Waals surface area contributed by atoms with Crippen molar-refractivity contribution in [1.29, 1.82) is 0 Å². The van der Waals surface area contributed by atoms with Crippen LogP contribution in [0.5, 0.6) is 5.75 Å². The highest BCUT2D eigenvalue weighted by Gasteiger charge is 2.02. The van der Waals surface area contributed by atoms with Crippen molar-refractivity contribution in [3.63, 3.8) is 0 Å². The number of pyridine rings is 1. The third-order valence-electron chi connectivity index (χ3n) is 1.87. The number of halogens is 2. The Morgan fingerprint density at radius 2 is 1.62 bits per heavy atom. The van der Waals surface area contributed by atoms with Crippen molar-refractivity contribution in [1.82, 2.24) is 4.98 Å². The molecule has 0 aliphatic carbocycles. The molecule has 1 heterocycles. The molecule has 81 valence electrons. The van der Waals surface area contributed by atoms with Crippen LogP contribution >= 0.6 is 0 Å². The van der Waals surface area contributed by atoms with Gasteiger partial charge >= 0.3 is 0 Å². The van der Waals surface area contributed by atoms with E-state index in [9.17, 15) is 8.78 Å². The van der Waals surface area contributed by atoms with Crippen molar-refractivity contribution in [3.05, 3.63) is 66.5 Å². The van der Waals surface area contributed by atoms with Gasteiger partial charge in [-0.25, -0.2) is 8.78 Å². The molecule has 0 saturated heterocycles. The zero-order valence-corrected chi connectivity index (χ0v) is 8.23. The Labute approximate surface area is 91.5 Å². The van der Waals surface area contributed by atoms with E-state index in [0.29, 0.717) is 11.3 Å². The summed E-state index contributed by atoms with van der Waals surface area (Å²) in [5.74, 6) is -0.714. The van der Waals surface area contributed by atoms with Gasteiger partial charge in [0.05, 0.1) is 0 Å². The van der Waals surface area contributed by atoms with Crippen LogP contribution in [0.25, 0.3) is 0 Å². The van der Waals surface area contributed by atoms with Gasteiger partial charge in [0.2, 0.25) is 0 Å².